The minimum atomic E-state index is -0.433. The molecule has 1 heterocycles. The van der Waals surface area contributed by atoms with Crippen LogP contribution in [0, 0.1) is 5.92 Å². The summed E-state index contributed by atoms with van der Waals surface area (Å²) < 4.78 is 0. The lowest BCUT2D eigenvalue weighted by atomic mass is 9.97. The topological polar surface area (TPSA) is 46.3 Å². The van der Waals surface area contributed by atoms with Crippen molar-refractivity contribution >= 4 is 5.91 Å². The predicted molar refractivity (Wildman–Crippen MR) is 93.6 cm³/mol. The van der Waals surface area contributed by atoms with Crippen LogP contribution in [0.5, 0.6) is 0 Å². The van der Waals surface area contributed by atoms with E-state index in [1.807, 2.05) is 24.0 Å². The molecule has 1 amide bonds. The molecule has 0 fully saturated rings. The first-order valence-electron chi connectivity index (χ1n) is 8.32. The van der Waals surface area contributed by atoms with Gasteiger partial charge in [-0.05, 0) is 28.2 Å². The fourth-order valence-electron chi connectivity index (χ4n) is 3.17. The molecule has 0 bridgehead atoms. The van der Waals surface area contributed by atoms with Crippen LogP contribution >= 0.6 is 0 Å². The lowest BCUT2D eigenvalue weighted by molar-refractivity contribution is -0.135. The Bertz CT molecular complexity index is 663. The van der Waals surface area contributed by atoms with E-state index in [1.165, 1.54) is 22.3 Å². The van der Waals surface area contributed by atoms with Gasteiger partial charge in [-0.3, -0.25) is 4.79 Å². The number of fused-ring (bicyclic) bond motifs is 3. The Labute approximate surface area is 138 Å². The van der Waals surface area contributed by atoms with Gasteiger partial charge in [-0.2, -0.15) is 0 Å². The second kappa shape index (κ2) is 6.55. The van der Waals surface area contributed by atoms with Gasteiger partial charge in [0.05, 0.1) is 6.04 Å². The van der Waals surface area contributed by atoms with E-state index in [9.17, 15) is 4.79 Å². The first kappa shape index (κ1) is 15.8. The summed E-state index contributed by atoms with van der Waals surface area (Å²) in [6.07, 6.45) is 0.911. The maximum Gasteiger partial charge on any atom is 0.240 e. The van der Waals surface area contributed by atoms with Gasteiger partial charge in [0.15, 0.2) is 0 Å². The summed E-state index contributed by atoms with van der Waals surface area (Å²) in [5.74, 6) is 0.238. The Balaban J connectivity index is 2.00. The molecule has 23 heavy (non-hydrogen) atoms. The molecule has 2 aromatic carbocycles. The standard InChI is InChI=1S/C20H24N2O/c1-3-14(2)19(21)20(23)22-12-15-8-4-6-10-17(15)18-11-7-5-9-16(18)13-22/h4-11,14,19H,3,12-13,21H2,1-2H3. The largest absolute Gasteiger partial charge is 0.333 e. The van der Waals surface area contributed by atoms with Crippen LogP contribution in [-0.2, 0) is 17.9 Å². The number of nitrogens with two attached hydrogens (primary N) is 1. The zero-order valence-corrected chi connectivity index (χ0v) is 13.8. The highest BCUT2D eigenvalue weighted by Gasteiger charge is 2.28. The number of nitrogens with zero attached hydrogens (tertiary/aromatic N) is 1. The average Bonchev–Trinajstić information content (AvgIpc) is 2.76. The molecule has 1 aliphatic rings. The van der Waals surface area contributed by atoms with Crippen LogP contribution in [0.4, 0.5) is 0 Å². The Morgan fingerprint density at radius 1 is 1.04 bits per heavy atom. The van der Waals surface area contributed by atoms with E-state index in [1.54, 1.807) is 0 Å². The lowest BCUT2D eigenvalue weighted by Crippen LogP contribution is -2.46. The van der Waals surface area contributed by atoms with Crippen LogP contribution in [0.25, 0.3) is 11.1 Å². The van der Waals surface area contributed by atoms with E-state index in [0.717, 1.165) is 6.42 Å². The van der Waals surface area contributed by atoms with E-state index in [0.29, 0.717) is 13.1 Å². The van der Waals surface area contributed by atoms with Gasteiger partial charge in [0.25, 0.3) is 0 Å². The second-order valence-corrected chi connectivity index (χ2v) is 6.42. The quantitative estimate of drug-likeness (QED) is 0.942. The van der Waals surface area contributed by atoms with Gasteiger partial charge in [-0.1, -0.05) is 68.8 Å². The molecule has 0 saturated heterocycles. The maximum absolute atomic E-state index is 12.9. The molecule has 0 spiro atoms. The molecule has 3 heteroatoms. The van der Waals surface area contributed by atoms with Crippen molar-refractivity contribution in [1.82, 2.24) is 4.90 Å². The Morgan fingerprint density at radius 2 is 1.52 bits per heavy atom. The van der Waals surface area contributed by atoms with Gasteiger partial charge in [0, 0.05) is 13.1 Å². The molecule has 2 aromatic rings. The van der Waals surface area contributed by atoms with Crippen LogP contribution in [0.1, 0.15) is 31.4 Å². The highest BCUT2D eigenvalue weighted by atomic mass is 16.2. The van der Waals surface area contributed by atoms with Crippen LogP contribution in [0.2, 0.25) is 0 Å². The molecule has 0 radical (unpaired) electrons. The van der Waals surface area contributed by atoms with E-state index in [2.05, 4.69) is 43.3 Å². The van der Waals surface area contributed by atoms with Crippen LogP contribution in [-0.4, -0.2) is 16.8 Å². The SMILES string of the molecule is CCC(C)C(N)C(=O)N1Cc2ccccc2-c2ccccc2C1. The van der Waals surface area contributed by atoms with E-state index in [-0.39, 0.29) is 11.8 Å². The molecule has 0 aromatic heterocycles. The molecule has 2 unspecified atom stereocenters. The van der Waals surface area contributed by atoms with E-state index in [4.69, 9.17) is 5.73 Å². The third kappa shape index (κ3) is 3.02. The molecule has 1 aliphatic heterocycles. The molecule has 2 atom stereocenters. The molecular formula is C20H24N2O. The van der Waals surface area contributed by atoms with E-state index < -0.39 is 6.04 Å². The van der Waals surface area contributed by atoms with Gasteiger partial charge in [-0.15, -0.1) is 0 Å². The predicted octanol–water partition coefficient (Wildman–Crippen LogP) is 3.57. The number of rotatable bonds is 3. The number of hydrogen-bond donors (Lipinski definition) is 1. The average molecular weight is 308 g/mol. The van der Waals surface area contributed by atoms with Crippen molar-refractivity contribution < 1.29 is 4.79 Å². The highest BCUT2D eigenvalue weighted by Crippen LogP contribution is 2.32. The first-order valence-corrected chi connectivity index (χ1v) is 8.32. The van der Waals surface area contributed by atoms with Crippen LogP contribution in [0.3, 0.4) is 0 Å². The van der Waals surface area contributed by atoms with Crippen molar-refractivity contribution in [3.05, 3.63) is 59.7 Å². The minimum absolute atomic E-state index is 0.0471. The first-order chi connectivity index (χ1) is 11.1. The number of carbonyl (C=O) groups excluding carboxylic acids is 1. The normalized spacial score (nSPS) is 16.0. The van der Waals surface area contributed by atoms with Gasteiger partial charge < -0.3 is 10.6 Å². The number of carbonyl (C=O) groups is 1. The lowest BCUT2D eigenvalue weighted by Gasteiger charge is -2.27. The van der Waals surface area contributed by atoms with Crippen molar-refractivity contribution in [3.63, 3.8) is 0 Å². The summed E-state index contributed by atoms with van der Waals surface area (Å²) in [7, 11) is 0. The highest BCUT2D eigenvalue weighted by molar-refractivity contribution is 5.83. The third-order valence-corrected chi connectivity index (χ3v) is 4.90. The summed E-state index contributed by atoms with van der Waals surface area (Å²) in [4.78, 5) is 14.8. The van der Waals surface area contributed by atoms with Crippen LogP contribution < -0.4 is 5.73 Å². The summed E-state index contributed by atoms with van der Waals surface area (Å²) in [5, 5.41) is 0. The molecular weight excluding hydrogens is 284 g/mol. The van der Waals surface area contributed by atoms with Gasteiger partial charge in [-0.25, -0.2) is 0 Å². The van der Waals surface area contributed by atoms with Gasteiger partial charge in [0.2, 0.25) is 5.91 Å². The minimum Gasteiger partial charge on any atom is -0.333 e. The summed E-state index contributed by atoms with van der Waals surface area (Å²) in [5.41, 5.74) is 11.0. The van der Waals surface area contributed by atoms with Crippen molar-refractivity contribution in [2.75, 3.05) is 0 Å². The Hall–Kier alpha value is -2.13. The molecule has 0 saturated carbocycles. The Morgan fingerprint density at radius 3 is 2.00 bits per heavy atom. The summed E-state index contributed by atoms with van der Waals surface area (Å²) >= 11 is 0. The molecule has 120 valence electrons. The Kier molecular flexibility index (Phi) is 4.49. The number of benzene rings is 2. The fraction of sp³-hybridized carbons (Fsp3) is 0.350. The second-order valence-electron chi connectivity index (χ2n) is 6.42. The van der Waals surface area contributed by atoms with Crippen LogP contribution in [0.15, 0.2) is 48.5 Å². The van der Waals surface area contributed by atoms with Gasteiger partial charge >= 0.3 is 0 Å². The monoisotopic (exact) mass is 308 g/mol. The van der Waals surface area contributed by atoms with Crippen molar-refractivity contribution in [3.8, 4) is 11.1 Å². The summed E-state index contributed by atoms with van der Waals surface area (Å²) in [6.45, 7) is 5.36. The molecule has 0 aliphatic carbocycles. The van der Waals surface area contributed by atoms with Crippen molar-refractivity contribution in [2.24, 2.45) is 11.7 Å². The fourth-order valence-corrected chi connectivity index (χ4v) is 3.17. The van der Waals surface area contributed by atoms with Crippen molar-refractivity contribution in [1.29, 1.82) is 0 Å². The molecule has 3 nitrogen and oxygen atoms in total. The number of amides is 1. The smallest absolute Gasteiger partial charge is 0.240 e. The molecule has 3 rings (SSSR count). The third-order valence-electron chi connectivity index (χ3n) is 4.90. The molecule has 2 N–H and O–H groups in total. The van der Waals surface area contributed by atoms with Gasteiger partial charge in [0.1, 0.15) is 0 Å². The number of hydrogen-bond acceptors (Lipinski definition) is 2. The summed E-state index contributed by atoms with van der Waals surface area (Å²) in [6, 6.07) is 16.2. The maximum atomic E-state index is 12.9. The van der Waals surface area contributed by atoms with Crippen molar-refractivity contribution in [2.45, 2.75) is 39.4 Å². The zero-order valence-electron chi connectivity index (χ0n) is 13.8. The zero-order chi connectivity index (χ0) is 16.4. The van der Waals surface area contributed by atoms with E-state index >= 15 is 0 Å².